The molecule has 1 aliphatic carbocycles. The van der Waals surface area contributed by atoms with E-state index in [1.165, 1.54) is 25.3 Å². The Morgan fingerprint density at radius 1 is 1.30 bits per heavy atom. The van der Waals surface area contributed by atoms with Crippen LogP contribution in [0.5, 0.6) is 0 Å². The smallest absolute Gasteiger partial charge is 0.145 e. The molecule has 2 rings (SSSR count). The molecule has 0 saturated heterocycles. The van der Waals surface area contributed by atoms with Crippen LogP contribution in [0.4, 0.5) is 4.39 Å². The first kappa shape index (κ1) is 15.0. The van der Waals surface area contributed by atoms with E-state index in [9.17, 15) is 4.39 Å². The number of benzene rings is 1. The highest BCUT2D eigenvalue weighted by Gasteiger charge is 2.39. The van der Waals surface area contributed by atoms with Crippen molar-refractivity contribution in [3.05, 3.63) is 35.1 Å². The molecule has 0 radical (unpaired) electrons. The zero-order valence-electron chi connectivity index (χ0n) is 12.5. The van der Waals surface area contributed by atoms with Gasteiger partial charge in [0.05, 0.1) is 5.56 Å². The first-order chi connectivity index (χ1) is 9.48. The summed E-state index contributed by atoms with van der Waals surface area (Å²) in [6.45, 7) is 1.47. The molecule has 3 nitrogen and oxygen atoms in total. The Balaban J connectivity index is 2.05. The van der Waals surface area contributed by atoms with Crippen molar-refractivity contribution in [2.45, 2.75) is 31.3 Å². The molecule has 0 bridgehead atoms. The van der Waals surface area contributed by atoms with Crippen LogP contribution in [0.15, 0.2) is 18.2 Å². The number of halogens is 1. The quantitative estimate of drug-likeness (QED) is 0.827. The van der Waals surface area contributed by atoms with E-state index in [-0.39, 0.29) is 16.9 Å². The van der Waals surface area contributed by atoms with E-state index in [0.717, 1.165) is 6.54 Å². The Hall–Kier alpha value is -1.44. The van der Waals surface area contributed by atoms with Crippen LogP contribution in [-0.4, -0.2) is 43.0 Å². The van der Waals surface area contributed by atoms with Crippen LogP contribution in [0.25, 0.3) is 0 Å². The number of hydrogen-bond donors (Lipinski definition) is 0. The van der Waals surface area contributed by atoms with Gasteiger partial charge in [0.25, 0.3) is 0 Å². The van der Waals surface area contributed by atoms with Crippen molar-refractivity contribution in [3.8, 4) is 6.07 Å². The molecular weight excluding hydrogens is 253 g/mol. The van der Waals surface area contributed by atoms with E-state index in [0.29, 0.717) is 12.1 Å². The summed E-state index contributed by atoms with van der Waals surface area (Å²) in [6.07, 6.45) is 3.67. The SMILES string of the molecule is CN(Cc1cccc(C#N)c1F)CC1(N(C)C)CCC1. The molecular formula is C16H22FN3. The largest absolute Gasteiger partial charge is 0.302 e. The number of likely N-dealkylation sites (N-methyl/N-ethyl adjacent to an activating group) is 2. The van der Waals surface area contributed by atoms with Gasteiger partial charge in [-0.25, -0.2) is 4.39 Å². The summed E-state index contributed by atoms with van der Waals surface area (Å²) >= 11 is 0. The van der Waals surface area contributed by atoms with Gasteiger partial charge in [0.15, 0.2) is 0 Å². The predicted molar refractivity (Wildman–Crippen MR) is 77.7 cm³/mol. The molecule has 0 amide bonds. The molecule has 0 aliphatic heterocycles. The maximum absolute atomic E-state index is 14.1. The van der Waals surface area contributed by atoms with Crippen molar-refractivity contribution < 1.29 is 4.39 Å². The summed E-state index contributed by atoms with van der Waals surface area (Å²) in [4.78, 5) is 4.44. The summed E-state index contributed by atoms with van der Waals surface area (Å²) in [5.41, 5.74) is 0.958. The Labute approximate surface area is 120 Å². The van der Waals surface area contributed by atoms with Crippen LogP contribution in [-0.2, 0) is 6.54 Å². The maximum atomic E-state index is 14.1. The summed E-state index contributed by atoms with van der Waals surface area (Å²) in [6, 6.07) is 6.92. The van der Waals surface area contributed by atoms with Gasteiger partial charge in [-0.15, -0.1) is 0 Å². The maximum Gasteiger partial charge on any atom is 0.145 e. The van der Waals surface area contributed by atoms with Crippen LogP contribution < -0.4 is 0 Å². The molecule has 20 heavy (non-hydrogen) atoms. The Kier molecular flexibility index (Phi) is 4.42. The molecule has 1 saturated carbocycles. The van der Waals surface area contributed by atoms with E-state index in [1.54, 1.807) is 12.1 Å². The monoisotopic (exact) mass is 275 g/mol. The second-order valence-corrected chi connectivity index (χ2v) is 6.04. The van der Waals surface area contributed by atoms with E-state index in [2.05, 4.69) is 23.9 Å². The Bertz CT molecular complexity index is 515. The lowest BCUT2D eigenvalue weighted by molar-refractivity contribution is 0.0256. The van der Waals surface area contributed by atoms with Crippen molar-refractivity contribution in [2.24, 2.45) is 0 Å². The molecule has 0 heterocycles. The van der Waals surface area contributed by atoms with E-state index >= 15 is 0 Å². The third-order valence-corrected chi connectivity index (χ3v) is 4.44. The average molecular weight is 275 g/mol. The topological polar surface area (TPSA) is 30.3 Å². The fourth-order valence-corrected chi connectivity index (χ4v) is 2.97. The third-order valence-electron chi connectivity index (χ3n) is 4.44. The first-order valence-corrected chi connectivity index (χ1v) is 7.02. The number of hydrogen-bond acceptors (Lipinski definition) is 3. The molecule has 0 aromatic heterocycles. The zero-order valence-corrected chi connectivity index (χ0v) is 12.5. The molecule has 1 aromatic rings. The summed E-state index contributed by atoms with van der Waals surface area (Å²) in [5, 5.41) is 8.87. The molecule has 4 heteroatoms. The van der Waals surface area contributed by atoms with Gasteiger partial charge >= 0.3 is 0 Å². The van der Waals surface area contributed by atoms with Crippen molar-refractivity contribution in [2.75, 3.05) is 27.7 Å². The molecule has 0 spiro atoms. The van der Waals surface area contributed by atoms with Gasteiger partial charge in [0.2, 0.25) is 0 Å². The van der Waals surface area contributed by atoms with Crippen LogP contribution in [0.2, 0.25) is 0 Å². The molecule has 1 aliphatic rings. The normalized spacial score (nSPS) is 17.1. The summed E-state index contributed by atoms with van der Waals surface area (Å²) in [5.74, 6) is -0.380. The molecule has 108 valence electrons. The van der Waals surface area contributed by atoms with Crippen LogP contribution in [0.1, 0.15) is 30.4 Å². The minimum absolute atomic E-state index is 0.127. The Morgan fingerprint density at radius 3 is 2.50 bits per heavy atom. The fraction of sp³-hybridized carbons (Fsp3) is 0.562. The molecule has 0 atom stereocenters. The average Bonchev–Trinajstić information content (AvgIpc) is 2.36. The minimum Gasteiger partial charge on any atom is -0.302 e. The van der Waals surface area contributed by atoms with Gasteiger partial charge < -0.3 is 9.80 Å². The van der Waals surface area contributed by atoms with E-state index in [1.807, 2.05) is 13.1 Å². The highest BCUT2D eigenvalue weighted by molar-refractivity contribution is 5.34. The van der Waals surface area contributed by atoms with Crippen molar-refractivity contribution in [1.29, 1.82) is 5.26 Å². The van der Waals surface area contributed by atoms with Gasteiger partial charge in [0, 0.05) is 24.2 Å². The van der Waals surface area contributed by atoms with Gasteiger partial charge in [-0.05, 0) is 46.5 Å². The zero-order chi connectivity index (χ0) is 14.8. The van der Waals surface area contributed by atoms with Crippen LogP contribution >= 0.6 is 0 Å². The van der Waals surface area contributed by atoms with Crippen molar-refractivity contribution >= 4 is 0 Å². The predicted octanol–water partition coefficient (Wildman–Crippen LogP) is 2.61. The number of rotatable bonds is 5. The van der Waals surface area contributed by atoms with Crippen molar-refractivity contribution in [1.82, 2.24) is 9.80 Å². The van der Waals surface area contributed by atoms with Crippen LogP contribution in [0, 0.1) is 17.1 Å². The van der Waals surface area contributed by atoms with E-state index < -0.39 is 0 Å². The number of nitrogens with zero attached hydrogens (tertiary/aromatic N) is 3. The lowest BCUT2D eigenvalue weighted by atomic mass is 9.75. The highest BCUT2D eigenvalue weighted by atomic mass is 19.1. The van der Waals surface area contributed by atoms with Gasteiger partial charge in [0.1, 0.15) is 11.9 Å². The van der Waals surface area contributed by atoms with Crippen LogP contribution in [0.3, 0.4) is 0 Å². The molecule has 1 fully saturated rings. The lowest BCUT2D eigenvalue weighted by Gasteiger charge is -2.49. The standard InChI is InChI=1S/C16H22FN3/c1-19(2)16(8-5-9-16)12-20(3)11-14-7-4-6-13(10-18)15(14)17/h4,6-7H,5,8-9,11-12H2,1-3H3. The van der Waals surface area contributed by atoms with E-state index in [4.69, 9.17) is 5.26 Å². The number of nitriles is 1. The van der Waals surface area contributed by atoms with Gasteiger partial charge in [-0.2, -0.15) is 5.26 Å². The highest BCUT2D eigenvalue weighted by Crippen LogP contribution is 2.36. The van der Waals surface area contributed by atoms with Gasteiger partial charge in [-0.1, -0.05) is 12.1 Å². The summed E-state index contributed by atoms with van der Waals surface area (Å²) in [7, 11) is 6.25. The molecule has 0 N–H and O–H groups in total. The lowest BCUT2D eigenvalue weighted by Crippen LogP contribution is -2.56. The first-order valence-electron chi connectivity index (χ1n) is 7.02. The molecule has 1 aromatic carbocycles. The molecule has 0 unspecified atom stereocenters. The minimum atomic E-state index is -0.380. The fourth-order valence-electron chi connectivity index (χ4n) is 2.97. The van der Waals surface area contributed by atoms with Crippen molar-refractivity contribution in [3.63, 3.8) is 0 Å². The Morgan fingerprint density at radius 2 is 2.00 bits per heavy atom. The van der Waals surface area contributed by atoms with Gasteiger partial charge in [-0.3, -0.25) is 0 Å². The summed E-state index contributed by atoms with van der Waals surface area (Å²) < 4.78 is 14.1. The third kappa shape index (κ3) is 2.84. The second-order valence-electron chi connectivity index (χ2n) is 6.04. The second kappa shape index (κ2) is 5.90.